The zero-order valence-electron chi connectivity index (χ0n) is 12.1. The van der Waals surface area contributed by atoms with Crippen LogP contribution in [0.1, 0.15) is 46.1 Å². The Labute approximate surface area is 110 Å². The van der Waals surface area contributed by atoms with Crippen LogP contribution in [-0.2, 0) is 14.9 Å². The Morgan fingerprint density at radius 1 is 1.11 bits per heavy atom. The monoisotopic (exact) mass is 248 g/mol. The second-order valence-corrected chi connectivity index (χ2v) is 5.88. The van der Waals surface area contributed by atoms with Gasteiger partial charge >= 0.3 is 0 Å². The number of hydrogen-bond acceptors (Lipinski definition) is 2. The minimum absolute atomic E-state index is 0.234. The summed E-state index contributed by atoms with van der Waals surface area (Å²) in [7, 11) is 1.69. The van der Waals surface area contributed by atoms with Crippen molar-refractivity contribution in [2.24, 2.45) is 0 Å². The maximum atomic E-state index is 12.4. The van der Waals surface area contributed by atoms with E-state index in [0.717, 1.165) is 12.0 Å². The molecule has 2 heteroatoms. The average Bonchev–Trinajstić information content (AvgIpc) is 2.37. The lowest BCUT2D eigenvalue weighted by Gasteiger charge is -2.27. The van der Waals surface area contributed by atoms with E-state index in [9.17, 15) is 4.79 Å². The van der Waals surface area contributed by atoms with Gasteiger partial charge in [0.05, 0.1) is 5.60 Å². The first kappa shape index (κ1) is 14.9. The number of ether oxygens (including phenoxy) is 1. The highest BCUT2D eigenvalue weighted by Crippen LogP contribution is 2.27. The van der Waals surface area contributed by atoms with Crippen LogP contribution in [-0.4, -0.2) is 18.5 Å². The van der Waals surface area contributed by atoms with E-state index in [0.29, 0.717) is 6.42 Å². The lowest BCUT2D eigenvalue weighted by molar-refractivity contribution is -0.124. The molecule has 0 aliphatic heterocycles. The molecule has 1 aromatic carbocycles. The zero-order valence-corrected chi connectivity index (χ0v) is 12.1. The van der Waals surface area contributed by atoms with Crippen LogP contribution in [0.3, 0.4) is 0 Å². The molecule has 18 heavy (non-hydrogen) atoms. The van der Waals surface area contributed by atoms with Crippen LogP contribution in [0.5, 0.6) is 0 Å². The summed E-state index contributed by atoms with van der Waals surface area (Å²) in [5.74, 6) is 0.263. The fourth-order valence-corrected chi connectivity index (χ4v) is 1.84. The Bertz CT molecular complexity index is 391. The van der Waals surface area contributed by atoms with E-state index in [2.05, 4.69) is 0 Å². The van der Waals surface area contributed by atoms with Gasteiger partial charge in [0.1, 0.15) is 5.78 Å². The van der Waals surface area contributed by atoms with Gasteiger partial charge in [-0.15, -0.1) is 0 Å². The normalized spacial score (nSPS) is 12.5. The molecule has 0 saturated carbocycles. The standard InChI is InChI=1S/C16H24O2/c1-15(2,18-5)12-11-14(17)16(3,4)13-9-7-6-8-10-13/h6-10H,11-12H2,1-5H3. The fraction of sp³-hybridized carbons (Fsp3) is 0.562. The Kier molecular flexibility index (Phi) is 4.69. The number of methoxy groups -OCH3 is 1. The van der Waals surface area contributed by atoms with Gasteiger partial charge in [0.2, 0.25) is 0 Å². The van der Waals surface area contributed by atoms with Gasteiger partial charge in [-0.3, -0.25) is 4.79 Å². The molecule has 0 radical (unpaired) electrons. The van der Waals surface area contributed by atoms with Gasteiger partial charge in [0.15, 0.2) is 0 Å². The van der Waals surface area contributed by atoms with Gasteiger partial charge in [-0.1, -0.05) is 30.3 Å². The van der Waals surface area contributed by atoms with E-state index in [1.165, 1.54) is 0 Å². The van der Waals surface area contributed by atoms with Gasteiger partial charge in [-0.2, -0.15) is 0 Å². The lowest BCUT2D eigenvalue weighted by Crippen LogP contribution is -2.32. The van der Waals surface area contributed by atoms with Crippen molar-refractivity contribution in [1.82, 2.24) is 0 Å². The van der Waals surface area contributed by atoms with Crippen molar-refractivity contribution < 1.29 is 9.53 Å². The van der Waals surface area contributed by atoms with Crippen molar-refractivity contribution >= 4 is 5.78 Å². The molecule has 0 heterocycles. The molecule has 0 aliphatic rings. The number of rotatable bonds is 6. The minimum Gasteiger partial charge on any atom is -0.379 e. The largest absolute Gasteiger partial charge is 0.379 e. The molecule has 0 unspecified atom stereocenters. The first-order valence-electron chi connectivity index (χ1n) is 6.43. The molecule has 0 N–H and O–H groups in total. The molecule has 0 atom stereocenters. The predicted molar refractivity (Wildman–Crippen MR) is 74.8 cm³/mol. The molecule has 0 amide bonds. The molecule has 0 saturated heterocycles. The Morgan fingerprint density at radius 3 is 2.17 bits per heavy atom. The van der Waals surface area contributed by atoms with Crippen LogP contribution in [0, 0.1) is 0 Å². The zero-order chi connectivity index (χ0) is 13.8. The van der Waals surface area contributed by atoms with Crippen LogP contribution in [0.15, 0.2) is 30.3 Å². The van der Waals surface area contributed by atoms with Gasteiger partial charge in [-0.05, 0) is 39.7 Å². The quantitative estimate of drug-likeness (QED) is 0.766. The molecular formula is C16H24O2. The number of benzene rings is 1. The molecule has 0 spiro atoms. The molecule has 2 nitrogen and oxygen atoms in total. The second kappa shape index (κ2) is 5.66. The number of carbonyl (C=O) groups excluding carboxylic acids is 1. The summed E-state index contributed by atoms with van der Waals surface area (Å²) < 4.78 is 5.35. The molecule has 0 fully saturated rings. The van der Waals surface area contributed by atoms with E-state index in [4.69, 9.17) is 4.74 Å². The molecular weight excluding hydrogens is 224 g/mol. The highest BCUT2D eigenvalue weighted by molar-refractivity contribution is 5.89. The lowest BCUT2D eigenvalue weighted by atomic mass is 9.78. The molecule has 1 aromatic rings. The summed E-state index contributed by atoms with van der Waals surface area (Å²) in [6.07, 6.45) is 1.29. The van der Waals surface area contributed by atoms with Crippen molar-refractivity contribution in [3.63, 3.8) is 0 Å². The van der Waals surface area contributed by atoms with Gasteiger partial charge in [-0.25, -0.2) is 0 Å². The third kappa shape index (κ3) is 3.67. The van der Waals surface area contributed by atoms with E-state index < -0.39 is 5.41 Å². The number of Topliss-reactive ketones (excluding diaryl/α,β-unsaturated/α-hetero) is 1. The topological polar surface area (TPSA) is 26.3 Å². The fourth-order valence-electron chi connectivity index (χ4n) is 1.84. The maximum absolute atomic E-state index is 12.4. The van der Waals surface area contributed by atoms with Crippen molar-refractivity contribution in [1.29, 1.82) is 0 Å². The van der Waals surface area contributed by atoms with Crippen molar-refractivity contribution in [2.75, 3.05) is 7.11 Å². The first-order valence-corrected chi connectivity index (χ1v) is 6.43. The Balaban J connectivity index is 2.72. The number of hydrogen-bond donors (Lipinski definition) is 0. The summed E-state index contributed by atoms with van der Waals surface area (Å²) >= 11 is 0. The third-order valence-electron chi connectivity index (χ3n) is 3.70. The van der Waals surface area contributed by atoms with E-state index >= 15 is 0 Å². The average molecular weight is 248 g/mol. The van der Waals surface area contributed by atoms with Crippen molar-refractivity contribution in [2.45, 2.75) is 51.6 Å². The van der Waals surface area contributed by atoms with E-state index in [1.807, 2.05) is 58.0 Å². The molecule has 100 valence electrons. The summed E-state index contributed by atoms with van der Waals surface area (Å²) in [5.41, 5.74) is 0.415. The maximum Gasteiger partial charge on any atom is 0.142 e. The van der Waals surface area contributed by atoms with Gasteiger partial charge in [0.25, 0.3) is 0 Å². The molecule has 1 rings (SSSR count). The highest BCUT2D eigenvalue weighted by Gasteiger charge is 2.30. The summed E-state index contributed by atoms with van der Waals surface area (Å²) in [6.45, 7) is 8.00. The van der Waals surface area contributed by atoms with Crippen molar-refractivity contribution in [3.8, 4) is 0 Å². The van der Waals surface area contributed by atoms with Gasteiger partial charge in [0, 0.05) is 18.9 Å². The van der Waals surface area contributed by atoms with E-state index in [-0.39, 0.29) is 11.4 Å². The molecule has 0 aliphatic carbocycles. The van der Waals surface area contributed by atoms with Crippen LogP contribution in [0.25, 0.3) is 0 Å². The van der Waals surface area contributed by atoms with Crippen LogP contribution >= 0.6 is 0 Å². The summed E-state index contributed by atoms with van der Waals surface area (Å²) in [4.78, 5) is 12.4. The third-order valence-corrected chi connectivity index (χ3v) is 3.70. The Hall–Kier alpha value is -1.15. The van der Waals surface area contributed by atoms with Gasteiger partial charge < -0.3 is 4.74 Å². The van der Waals surface area contributed by atoms with Crippen molar-refractivity contribution in [3.05, 3.63) is 35.9 Å². The second-order valence-electron chi connectivity index (χ2n) is 5.88. The highest BCUT2D eigenvalue weighted by atomic mass is 16.5. The smallest absolute Gasteiger partial charge is 0.142 e. The predicted octanol–water partition coefficient (Wildman–Crippen LogP) is 3.74. The number of carbonyl (C=O) groups is 1. The summed E-state index contributed by atoms with van der Waals surface area (Å²) in [6, 6.07) is 9.95. The van der Waals surface area contributed by atoms with Crippen LogP contribution < -0.4 is 0 Å². The summed E-state index contributed by atoms with van der Waals surface area (Å²) in [5, 5.41) is 0. The van der Waals surface area contributed by atoms with Crippen LogP contribution in [0.2, 0.25) is 0 Å². The first-order chi connectivity index (χ1) is 8.29. The Morgan fingerprint density at radius 2 is 1.67 bits per heavy atom. The molecule has 0 aromatic heterocycles. The SMILES string of the molecule is COC(C)(C)CCC(=O)C(C)(C)c1ccccc1. The van der Waals surface area contributed by atoms with Crippen LogP contribution in [0.4, 0.5) is 0 Å². The number of ketones is 1. The minimum atomic E-state index is -0.426. The van der Waals surface area contributed by atoms with E-state index in [1.54, 1.807) is 7.11 Å². The molecule has 0 bridgehead atoms.